The molecule has 4 heterocycles. The molecule has 4 N–H and O–H groups in total. The lowest BCUT2D eigenvalue weighted by atomic mass is 9.49. The first kappa shape index (κ1) is 51.2. The number of hydrogen-bond donors (Lipinski definition) is 4. The molecule has 1 saturated carbocycles. The van der Waals surface area contributed by atoms with E-state index in [9.17, 15) is 34.8 Å². The van der Waals surface area contributed by atoms with E-state index in [2.05, 4.69) is 64.5 Å². The molecular weight excluding hydrogens is 919 g/mol. The Labute approximate surface area is 420 Å². The maximum absolute atomic E-state index is 14.2. The topological polar surface area (TPSA) is 213 Å². The van der Waals surface area contributed by atoms with Gasteiger partial charge in [-0.3, -0.25) is 24.1 Å². The lowest BCUT2D eigenvalue weighted by molar-refractivity contribution is -0.164. The highest BCUT2D eigenvalue weighted by Crippen LogP contribution is 2.55. The van der Waals surface area contributed by atoms with Crippen molar-refractivity contribution in [3.8, 4) is 28.3 Å². The van der Waals surface area contributed by atoms with Gasteiger partial charge in [0.05, 0.1) is 59.1 Å². The molecule has 3 aliphatic heterocycles. The minimum Gasteiger partial charge on any atom is -0.489 e. The monoisotopic (exact) mass is 983 g/mol. The van der Waals surface area contributed by atoms with Crippen LogP contribution in [-0.2, 0) is 25.5 Å². The number of aliphatic hydroxyl groups excluding tert-OH is 1. The largest absolute Gasteiger partial charge is 0.489 e. The summed E-state index contributed by atoms with van der Waals surface area (Å²) in [5.41, 5.74) is 6.23. The van der Waals surface area contributed by atoms with Crippen molar-refractivity contribution >= 4 is 35.0 Å². The highest BCUT2D eigenvalue weighted by atomic mass is 32.1. The third-order valence-corrected chi connectivity index (χ3v) is 15.9. The number of benzene rings is 3. The summed E-state index contributed by atoms with van der Waals surface area (Å²) < 4.78 is 11.8. The third kappa shape index (κ3) is 11.3. The number of nitriles is 2. The normalized spacial score (nSPS) is 22.7. The van der Waals surface area contributed by atoms with Gasteiger partial charge in [-0.2, -0.15) is 10.5 Å². The number of ether oxygens (including phenoxy) is 2. The number of carbonyl (C=O) groups excluding carboxylic acids is 4. The minimum absolute atomic E-state index is 0.00514. The van der Waals surface area contributed by atoms with Crippen LogP contribution in [0.4, 0.5) is 0 Å². The summed E-state index contributed by atoms with van der Waals surface area (Å²) in [5.74, 6) is -0.866. The highest BCUT2D eigenvalue weighted by Gasteiger charge is 2.64. The van der Waals surface area contributed by atoms with Gasteiger partial charge in [-0.25, -0.2) is 4.98 Å². The van der Waals surface area contributed by atoms with Crippen LogP contribution in [0.2, 0.25) is 0 Å². The molecule has 1 aromatic heterocycles. The van der Waals surface area contributed by atoms with Crippen LogP contribution < -0.4 is 20.7 Å². The molecule has 0 spiro atoms. The predicted molar refractivity (Wildman–Crippen MR) is 268 cm³/mol. The molecule has 16 nitrogen and oxygen atoms in total. The van der Waals surface area contributed by atoms with Gasteiger partial charge in [0.2, 0.25) is 17.7 Å². The molecule has 4 aromatic rings. The van der Waals surface area contributed by atoms with Crippen LogP contribution in [0.5, 0.6) is 5.75 Å². The Morgan fingerprint density at radius 2 is 1.59 bits per heavy atom. The quantitative estimate of drug-likeness (QED) is 0.110. The van der Waals surface area contributed by atoms with E-state index < -0.39 is 29.0 Å². The van der Waals surface area contributed by atoms with Crippen LogP contribution >= 0.6 is 11.3 Å². The third-order valence-electron chi connectivity index (χ3n) is 14.9. The molecule has 3 aromatic carbocycles. The van der Waals surface area contributed by atoms with Crippen LogP contribution in [0.3, 0.4) is 0 Å². The standard InChI is InChI=1S/C54H65N9O7S/c1-33(36-13-15-37(16-14-36)47-34(2)57-32-71-47)58-49(67)44-25-42(64)28-63(44)50(68)46(41-30-69-31-41)59-45(65)29-62-22-20-61(21-23-62)19-7-8-35-9-11-38(12-10-35)48(66)60-51-53(3,4)52(54(51,5)6)70-43-18-17-39(26-55)40(24-43)27-56/h9-18,24,32-33,41-42,44,46,51-52,64H,7-8,19-23,25,28-31H2,1-6H3,(H,58,67)(H,59,65)(H,60,66)/t33?,42-,44+,46+,51-,52-/m1/s1. The summed E-state index contributed by atoms with van der Waals surface area (Å²) in [4.78, 5) is 66.3. The Morgan fingerprint density at radius 1 is 0.915 bits per heavy atom. The number of piperazine rings is 1. The van der Waals surface area contributed by atoms with E-state index in [4.69, 9.17) is 9.47 Å². The van der Waals surface area contributed by atoms with Crippen LogP contribution in [0.25, 0.3) is 10.4 Å². The van der Waals surface area contributed by atoms with Gasteiger partial charge >= 0.3 is 0 Å². The summed E-state index contributed by atoms with van der Waals surface area (Å²) in [5, 5.41) is 38.8. The Hall–Kier alpha value is -6.21. The number of thiazole rings is 1. The van der Waals surface area contributed by atoms with Gasteiger partial charge < -0.3 is 40.3 Å². The molecule has 0 radical (unpaired) electrons. The number of nitrogens with one attached hydrogen (secondary N) is 3. The number of likely N-dealkylation sites (tertiary alicyclic amines) is 1. The second-order valence-electron chi connectivity index (χ2n) is 20.8. The highest BCUT2D eigenvalue weighted by molar-refractivity contribution is 7.13. The molecule has 17 heteroatoms. The van der Waals surface area contributed by atoms with Crippen molar-refractivity contribution in [3.05, 3.63) is 106 Å². The predicted octanol–water partition coefficient (Wildman–Crippen LogP) is 4.99. The Balaban J connectivity index is 0.759. The van der Waals surface area contributed by atoms with Gasteiger partial charge in [0.25, 0.3) is 5.91 Å². The fourth-order valence-corrected chi connectivity index (χ4v) is 11.9. The van der Waals surface area contributed by atoms with Crippen molar-refractivity contribution in [3.63, 3.8) is 0 Å². The van der Waals surface area contributed by atoms with Crippen molar-refractivity contribution in [2.45, 2.75) is 97.2 Å². The van der Waals surface area contributed by atoms with E-state index in [1.54, 1.807) is 29.5 Å². The maximum atomic E-state index is 14.2. The minimum atomic E-state index is -0.877. The van der Waals surface area contributed by atoms with Gasteiger partial charge in [-0.05, 0) is 80.3 Å². The second-order valence-corrected chi connectivity index (χ2v) is 21.6. The smallest absolute Gasteiger partial charge is 0.251 e. The summed E-state index contributed by atoms with van der Waals surface area (Å²) in [6, 6.07) is 22.4. The lowest BCUT2D eigenvalue weighted by Gasteiger charge is -2.63. The van der Waals surface area contributed by atoms with E-state index in [1.165, 1.54) is 4.90 Å². The molecule has 8 rings (SSSR count). The molecular formula is C54H65N9O7S. The number of amides is 4. The fraction of sp³-hybridized carbons (Fsp3) is 0.500. The average molecular weight is 984 g/mol. The molecule has 0 bridgehead atoms. The van der Waals surface area contributed by atoms with E-state index >= 15 is 0 Å². The second kappa shape index (κ2) is 21.6. The zero-order valence-corrected chi connectivity index (χ0v) is 42.3. The number of aryl methyl sites for hydroxylation is 2. The number of β-amino-alcohol motifs (C(OH)–C–C–N with tert-alkyl or cyclic N) is 1. The first-order chi connectivity index (χ1) is 34.0. The molecule has 4 amide bonds. The van der Waals surface area contributed by atoms with Crippen LogP contribution in [-0.4, -0.2) is 138 Å². The van der Waals surface area contributed by atoms with Crippen LogP contribution in [0.15, 0.2) is 72.2 Å². The molecule has 4 fully saturated rings. The van der Waals surface area contributed by atoms with Crippen molar-refractivity contribution in [2.24, 2.45) is 16.7 Å². The van der Waals surface area contributed by atoms with E-state index in [1.807, 2.05) is 74.0 Å². The van der Waals surface area contributed by atoms with E-state index in [0.717, 1.165) is 59.7 Å². The first-order valence-electron chi connectivity index (χ1n) is 24.6. The molecule has 4 atom stereocenters. The fourth-order valence-electron chi connectivity index (χ4n) is 11.1. The number of hydrogen-bond acceptors (Lipinski definition) is 13. The zero-order valence-electron chi connectivity index (χ0n) is 41.4. The number of aromatic nitrogens is 1. The Bertz CT molecular complexity index is 2650. The molecule has 3 saturated heterocycles. The molecule has 1 unspecified atom stereocenters. The van der Waals surface area contributed by atoms with Crippen LogP contribution in [0.1, 0.15) is 91.8 Å². The van der Waals surface area contributed by atoms with Gasteiger partial charge in [0.1, 0.15) is 36.1 Å². The van der Waals surface area contributed by atoms with Gasteiger partial charge in [-0.1, -0.05) is 64.1 Å². The molecule has 4 aliphatic rings. The lowest BCUT2D eigenvalue weighted by Crippen LogP contribution is -2.74. The van der Waals surface area contributed by atoms with Crippen molar-refractivity contribution in [2.75, 3.05) is 59.0 Å². The van der Waals surface area contributed by atoms with Crippen LogP contribution in [0, 0.1) is 46.3 Å². The SMILES string of the molecule is Cc1ncsc1-c1ccc(C(C)NC(=O)[C@@H]2C[C@@H](O)CN2C(=O)[C@@H](NC(=O)CN2CCN(CCCc3ccc(C(=O)N[C@H]4C(C)(C)[C@H](Oc5ccc(C#N)c(C#N)c5)C4(C)C)cc3)CC2)C2COC2)cc1. The number of nitrogens with zero attached hydrogens (tertiary/aromatic N) is 6. The summed E-state index contributed by atoms with van der Waals surface area (Å²) in [6.07, 6.45) is 0.792. The Morgan fingerprint density at radius 3 is 2.21 bits per heavy atom. The number of rotatable bonds is 17. The summed E-state index contributed by atoms with van der Waals surface area (Å²) in [7, 11) is 0. The van der Waals surface area contributed by atoms with Gasteiger partial charge in [0, 0.05) is 67.5 Å². The first-order valence-corrected chi connectivity index (χ1v) is 25.5. The van der Waals surface area contributed by atoms with Crippen molar-refractivity contribution in [1.29, 1.82) is 10.5 Å². The van der Waals surface area contributed by atoms with E-state index in [-0.39, 0.29) is 72.8 Å². The molecule has 374 valence electrons. The zero-order chi connectivity index (χ0) is 50.6. The number of aliphatic hydroxyl groups is 1. The van der Waals surface area contributed by atoms with Gasteiger partial charge in [0.15, 0.2) is 0 Å². The molecule has 71 heavy (non-hydrogen) atoms. The maximum Gasteiger partial charge on any atom is 0.251 e. The number of carbonyl (C=O) groups is 4. The van der Waals surface area contributed by atoms with Crippen molar-refractivity contribution in [1.82, 2.24) is 35.6 Å². The summed E-state index contributed by atoms with van der Waals surface area (Å²) in [6.45, 7) is 16.8. The van der Waals surface area contributed by atoms with Gasteiger partial charge in [-0.15, -0.1) is 11.3 Å². The van der Waals surface area contributed by atoms with Crippen molar-refractivity contribution < 1.29 is 33.8 Å². The average Bonchev–Trinajstić information content (AvgIpc) is 3.96. The summed E-state index contributed by atoms with van der Waals surface area (Å²) >= 11 is 1.58. The van der Waals surface area contributed by atoms with E-state index in [0.29, 0.717) is 43.2 Å². The molecule has 1 aliphatic carbocycles. The Kier molecular flexibility index (Phi) is 15.6.